The zero-order valence-electron chi connectivity index (χ0n) is 17.8. The Morgan fingerprint density at radius 1 is 1.03 bits per heavy atom. The second-order valence-corrected chi connectivity index (χ2v) is 8.54. The van der Waals surface area contributed by atoms with Gasteiger partial charge in [-0.25, -0.2) is 0 Å². The molecule has 0 saturated heterocycles. The summed E-state index contributed by atoms with van der Waals surface area (Å²) in [5, 5.41) is 10.4. The molecule has 3 aromatic carbocycles. The van der Waals surface area contributed by atoms with Gasteiger partial charge in [-0.05, 0) is 71.8 Å². The van der Waals surface area contributed by atoms with Gasteiger partial charge in [-0.1, -0.05) is 54.1 Å². The lowest BCUT2D eigenvalue weighted by molar-refractivity contribution is -0.138. The Morgan fingerprint density at radius 2 is 1.68 bits per heavy atom. The fourth-order valence-electron chi connectivity index (χ4n) is 4.58. The van der Waals surface area contributed by atoms with Crippen LogP contribution in [0.25, 0.3) is 11.1 Å². The van der Waals surface area contributed by atoms with Crippen LogP contribution in [0.5, 0.6) is 0 Å². The zero-order valence-corrected chi connectivity index (χ0v) is 18.5. The minimum absolute atomic E-state index is 0.0408. The molecule has 31 heavy (non-hydrogen) atoms. The fraction of sp³-hybridized carbons (Fsp3) is 0.231. The standard InChI is InChI=1S/C26H24ClNO3/c1-15-21-14-28(13-18-7-5-4-6-8-18)25(29)24(21)16(2)22(17(3)26(30)31)23(15)19-9-11-20(27)12-10-19/h4-12,17H,13-14H2,1-3H3,(H,30,31). The highest BCUT2D eigenvalue weighted by Crippen LogP contribution is 2.42. The van der Waals surface area contributed by atoms with Crippen molar-refractivity contribution < 1.29 is 14.7 Å². The average Bonchev–Trinajstić information content (AvgIpc) is 3.08. The van der Waals surface area contributed by atoms with Crippen molar-refractivity contribution in [1.82, 2.24) is 4.90 Å². The minimum Gasteiger partial charge on any atom is -0.481 e. The molecule has 158 valence electrons. The second-order valence-electron chi connectivity index (χ2n) is 8.11. The molecule has 3 aromatic rings. The number of carboxylic acid groups (broad SMARTS) is 1. The Bertz CT molecular complexity index is 1170. The summed E-state index contributed by atoms with van der Waals surface area (Å²) in [7, 11) is 0. The maximum atomic E-state index is 13.4. The Labute approximate surface area is 187 Å². The van der Waals surface area contributed by atoms with Crippen LogP contribution in [0.1, 0.15) is 51.0 Å². The first-order chi connectivity index (χ1) is 14.8. The van der Waals surface area contributed by atoms with Gasteiger partial charge in [-0.15, -0.1) is 0 Å². The summed E-state index contributed by atoms with van der Waals surface area (Å²) in [4.78, 5) is 27.2. The lowest BCUT2D eigenvalue weighted by atomic mass is 9.81. The number of halogens is 1. The third kappa shape index (κ3) is 3.72. The second kappa shape index (κ2) is 8.20. The van der Waals surface area contributed by atoms with E-state index in [9.17, 15) is 14.7 Å². The number of carbonyl (C=O) groups excluding carboxylic acids is 1. The number of carbonyl (C=O) groups is 2. The van der Waals surface area contributed by atoms with Crippen molar-refractivity contribution in [3.63, 3.8) is 0 Å². The molecule has 1 atom stereocenters. The fourth-order valence-corrected chi connectivity index (χ4v) is 4.71. The van der Waals surface area contributed by atoms with Gasteiger partial charge >= 0.3 is 5.97 Å². The van der Waals surface area contributed by atoms with Gasteiger partial charge in [-0.3, -0.25) is 9.59 Å². The summed E-state index contributed by atoms with van der Waals surface area (Å²) < 4.78 is 0. The van der Waals surface area contributed by atoms with Crippen LogP contribution < -0.4 is 0 Å². The third-order valence-corrected chi connectivity index (χ3v) is 6.43. The number of fused-ring (bicyclic) bond motifs is 1. The molecular formula is C26H24ClNO3. The van der Waals surface area contributed by atoms with E-state index in [0.717, 1.165) is 33.4 Å². The van der Waals surface area contributed by atoms with Crippen LogP contribution in [0, 0.1) is 13.8 Å². The summed E-state index contributed by atoms with van der Waals surface area (Å²) in [5.74, 6) is -1.70. The van der Waals surface area contributed by atoms with E-state index in [2.05, 4.69) is 0 Å². The Morgan fingerprint density at radius 3 is 2.29 bits per heavy atom. The van der Waals surface area contributed by atoms with Gasteiger partial charge in [0.25, 0.3) is 5.91 Å². The van der Waals surface area contributed by atoms with Crippen LogP contribution in [0.2, 0.25) is 5.02 Å². The summed E-state index contributed by atoms with van der Waals surface area (Å²) >= 11 is 6.09. The molecule has 1 amide bonds. The lowest BCUT2D eigenvalue weighted by Gasteiger charge is -2.22. The first-order valence-electron chi connectivity index (χ1n) is 10.3. The molecule has 1 unspecified atom stereocenters. The van der Waals surface area contributed by atoms with Crippen molar-refractivity contribution in [2.24, 2.45) is 0 Å². The number of nitrogens with zero attached hydrogens (tertiary/aromatic N) is 1. The van der Waals surface area contributed by atoms with Crippen LogP contribution >= 0.6 is 11.6 Å². The summed E-state index contributed by atoms with van der Waals surface area (Å²) in [6, 6.07) is 17.3. The monoisotopic (exact) mass is 433 g/mol. The van der Waals surface area contributed by atoms with Crippen LogP contribution in [-0.4, -0.2) is 21.9 Å². The van der Waals surface area contributed by atoms with Crippen molar-refractivity contribution in [1.29, 1.82) is 0 Å². The number of aliphatic carboxylic acids is 1. The average molecular weight is 434 g/mol. The molecule has 4 nitrogen and oxygen atoms in total. The van der Waals surface area contributed by atoms with Crippen LogP contribution in [0.3, 0.4) is 0 Å². The topological polar surface area (TPSA) is 57.6 Å². The quantitative estimate of drug-likeness (QED) is 0.539. The first kappa shape index (κ1) is 21.1. The van der Waals surface area contributed by atoms with Crippen molar-refractivity contribution in [3.05, 3.63) is 93.0 Å². The largest absolute Gasteiger partial charge is 0.481 e. The summed E-state index contributed by atoms with van der Waals surface area (Å²) in [5.41, 5.74) is 6.88. The normalized spacial score (nSPS) is 13.9. The predicted molar refractivity (Wildman–Crippen MR) is 122 cm³/mol. The van der Waals surface area contributed by atoms with Gasteiger partial charge in [-0.2, -0.15) is 0 Å². The van der Waals surface area contributed by atoms with E-state index in [1.807, 2.05) is 61.2 Å². The van der Waals surface area contributed by atoms with Gasteiger partial charge in [0.2, 0.25) is 0 Å². The van der Waals surface area contributed by atoms with Gasteiger partial charge in [0.1, 0.15) is 0 Å². The molecule has 0 aliphatic carbocycles. The molecule has 0 spiro atoms. The molecule has 0 bridgehead atoms. The van der Waals surface area contributed by atoms with Crippen molar-refractivity contribution in [2.45, 2.75) is 39.8 Å². The Balaban J connectivity index is 1.89. The first-order valence-corrected chi connectivity index (χ1v) is 10.6. The molecule has 1 aliphatic heterocycles. The van der Waals surface area contributed by atoms with E-state index in [0.29, 0.717) is 29.2 Å². The maximum Gasteiger partial charge on any atom is 0.310 e. The number of hydrogen-bond donors (Lipinski definition) is 1. The van der Waals surface area contributed by atoms with Gasteiger partial charge in [0, 0.05) is 23.7 Å². The summed E-state index contributed by atoms with van der Waals surface area (Å²) in [6.07, 6.45) is 0. The van der Waals surface area contributed by atoms with Gasteiger partial charge < -0.3 is 10.0 Å². The van der Waals surface area contributed by atoms with E-state index in [4.69, 9.17) is 11.6 Å². The molecule has 4 rings (SSSR count). The number of rotatable bonds is 5. The molecule has 0 aromatic heterocycles. The molecule has 1 N–H and O–H groups in total. The number of benzene rings is 3. The molecule has 0 saturated carbocycles. The van der Waals surface area contributed by atoms with Crippen LogP contribution in [0.15, 0.2) is 54.6 Å². The smallest absolute Gasteiger partial charge is 0.310 e. The minimum atomic E-state index is -0.913. The molecule has 0 fully saturated rings. The number of carboxylic acids is 1. The zero-order chi connectivity index (χ0) is 22.3. The lowest BCUT2D eigenvalue weighted by Crippen LogP contribution is -2.23. The Kier molecular flexibility index (Phi) is 5.59. The maximum absolute atomic E-state index is 13.4. The van der Waals surface area contributed by atoms with Crippen LogP contribution in [-0.2, 0) is 17.9 Å². The highest BCUT2D eigenvalue weighted by atomic mass is 35.5. The van der Waals surface area contributed by atoms with E-state index in [-0.39, 0.29) is 5.91 Å². The van der Waals surface area contributed by atoms with Crippen molar-refractivity contribution in [3.8, 4) is 11.1 Å². The molecule has 5 heteroatoms. The molecule has 1 aliphatic rings. The highest BCUT2D eigenvalue weighted by molar-refractivity contribution is 6.30. The predicted octanol–water partition coefficient (Wildman–Crippen LogP) is 5.97. The Hall–Kier alpha value is -3.11. The van der Waals surface area contributed by atoms with E-state index in [1.54, 1.807) is 19.1 Å². The van der Waals surface area contributed by atoms with Gasteiger partial charge in [0.05, 0.1) is 5.92 Å². The van der Waals surface area contributed by atoms with Crippen molar-refractivity contribution in [2.75, 3.05) is 0 Å². The van der Waals surface area contributed by atoms with Crippen molar-refractivity contribution >= 4 is 23.5 Å². The molecule has 1 heterocycles. The SMILES string of the molecule is Cc1c2c(c(C)c(C(C)C(=O)O)c1-c1ccc(Cl)cc1)C(=O)N(Cc1ccccc1)C2. The van der Waals surface area contributed by atoms with Crippen LogP contribution in [0.4, 0.5) is 0 Å². The van der Waals surface area contributed by atoms with E-state index >= 15 is 0 Å². The molecular weight excluding hydrogens is 410 g/mol. The van der Waals surface area contributed by atoms with E-state index in [1.165, 1.54) is 0 Å². The summed E-state index contributed by atoms with van der Waals surface area (Å²) in [6.45, 7) is 6.57. The van der Waals surface area contributed by atoms with Gasteiger partial charge in [0.15, 0.2) is 0 Å². The molecule has 0 radical (unpaired) electrons. The number of hydrogen-bond acceptors (Lipinski definition) is 2. The third-order valence-electron chi connectivity index (χ3n) is 6.18. The number of amides is 1. The van der Waals surface area contributed by atoms with E-state index < -0.39 is 11.9 Å². The highest BCUT2D eigenvalue weighted by Gasteiger charge is 2.35.